The molecule has 0 bridgehead atoms. The summed E-state index contributed by atoms with van der Waals surface area (Å²) >= 11 is 0. The van der Waals surface area contributed by atoms with E-state index >= 15 is 0 Å². The van der Waals surface area contributed by atoms with Crippen LogP contribution in [0.15, 0.2) is 143 Å². The summed E-state index contributed by atoms with van der Waals surface area (Å²) in [5.74, 6) is 1.23. The number of benzene rings is 2. The van der Waals surface area contributed by atoms with E-state index in [0.29, 0.717) is 51.4 Å². The Balaban J connectivity index is 0.000000205. The summed E-state index contributed by atoms with van der Waals surface area (Å²) < 4.78 is 74.5. The Bertz CT molecular complexity index is 4050. The van der Waals surface area contributed by atoms with E-state index in [2.05, 4.69) is 50.9 Å². The molecule has 8 heterocycles. The van der Waals surface area contributed by atoms with E-state index in [-0.39, 0.29) is 99.3 Å². The average Bonchev–Trinajstić information content (AvgIpc) is 1.84. The van der Waals surface area contributed by atoms with Crippen molar-refractivity contribution < 1.29 is 70.8 Å². The quantitative estimate of drug-likeness (QED) is 0.0178. The van der Waals surface area contributed by atoms with Gasteiger partial charge in [0.1, 0.15) is 43.2 Å². The Morgan fingerprint density at radius 1 is 0.526 bits per heavy atom. The lowest BCUT2D eigenvalue weighted by Gasteiger charge is -2.14. The number of aliphatic hydroxyl groups excluding tert-OH is 1. The standard InChI is InChI=1S/C33H37N7O7.C22H21FN6O2.C11H17NO5/c1-20(2)31(33(41)43-5)28-15-30(39-47-28)45-13-12-44-29-11-10-22(16-35-29)21(3)40-18-23(17-36-40)25-14-26(37-38-32(25)34)24-8-6-7-9-27(24)46-19-42-4;1-14(15-7-8-21(23)25-10-15)29-12-16(11-26-29)18-9-19(27-28-22(18)24)17-5-3-4-6-20(17)31-13-30-2;1-7(2)10(11(14)15-3)8-6-9(12-17-8)16-5-4-13/h6-11,14-18,20-21,31H,12-13,19H2,1-5H3,(H2,34,38);3-12,14H,13H2,1-2H3,(H2,24,28);6-7,10,13H,4-5H2,1-3H3. The minimum Gasteiger partial charge on any atom is -0.474 e. The second kappa shape index (κ2) is 34.1. The number of pyridine rings is 2. The molecule has 0 aliphatic heterocycles. The lowest BCUT2D eigenvalue weighted by molar-refractivity contribution is -0.145. The van der Waals surface area contributed by atoms with Gasteiger partial charge in [0, 0.05) is 90.6 Å². The number of ether oxygens (including phenoxy) is 9. The first-order valence-corrected chi connectivity index (χ1v) is 29.9. The van der Waals surface area contributed by atoms with Crippen molar-refractivity contribution in [2.24, 2.45) is 11.8 Å². The number of halogens is 1. The van der Waals surface area contributed by atoms with Crippen LogP contribution < -0.4 is 35.2 Å². The Morgan fingerprint density at radius 2 is 0.968 bits per heavy atom. The minimum absolute atomic E-state index is 0.0273. The molecule has 10 rings (SSSR count). The molecule has 0 spiro atoms. The number of para-hydroxylation sites is 2. The maximum Gasteiger partial charge on any atom is 0.316 e. The molecule has 4 atom stereocenters. The Labute approximate surface area is 546 Å². The third-order valence-corrected chi connectivity index (χ3v) is 14.5. The van der Waals surface area contributed by atoms with Crippen molar-refractivity contribution in [1.82, 2.24) is 60.2 Å². The van der Waals surface area contributed by atoms with Crippen LogP contribution >= 0.6 is 0 Å². The summed E-state index contributed by atoms with van der Waals surface area (Å²) in [4.78, 5) is 31.8. The third-order valence-electron chi connectivity index (χ3n) is 14.5. The van der Waals surface area contributed by atoms with E-state index < -0.39 is 17.8 Å². The van der Waals surface area contributed by atoms with Gasteiger partial charge in [-0.25, -0.2) is 9.97 Å². The van der Waals surface area contributed by atoms with Crippen molar-refractivity contribution in [3.63, 3.8) is 0 Å². The molecule has 95 heavy (non-hydrogen) atoms. The van der Waals surface area contributed by atoms with Crippen molar-refractivity contribution >= 4 is 23.6 Å². The highest BCUT2D eigenvalue weighted by Crippen LogP contribution is 2.36. The maximum absolute atomic E-state index is 13.1. The van der Waals surface area contributed by atoms with Gasteiger partial charge in [-0.15, -0.1) is 20.4 Å². The van der Waals surface area contributed by atoms with Crippen molar-refractivity contribution in [1.29, 1.82) is 0 Å². The molecule has 4 unspecified atom stereocenters. The molecule has 0 saturated carbocycles. The number of hydrogen-bond donors (Lipinski definition) is 3. The first kappa shape index (κ1) is 70.0. The number of esters is 2. The normalized spacial score (nSPS) is 12.3. The van der Waals surface area contributed by atoms with Crippen LogP contribution in [0.25, 0.3) is 44.8 Å². The fourth-order valence-corrected chi connectivity index (χ4v) is 9.53. The zero-order valence-electron chi connectivity index (χ0n) is 54.1. The van der Waals surface area contributed by atoms with Crippen LogP contribution in [0.2, 0.25) is 0 Å². The van der Waals surface area contributed by atoms with Gasteiger partial charge in [-0.05, 0) is 95.7 Å². The first-order valence-electron chi connectivity index (χ1n) is 29.9. The molecule has 28 nitrogen and oxygen atoms in total. The number of nitrogens with zero attached hydrogens (tertiary/aromatic N) is 12. The van der Waals surface area contributed by atoms with Crippen molar-refractivity contribution in [2.45, 2.75) is 65.5 Å². The van der Waals surface area contributed by atoms with Crippen LogP contribution in [0.4, 0.5) is 16.0 Å². The smallest absolute Gasteiger partial charge is 0.316 e. The average molecular weight is 1310 g/mol. The predicted molar refractivity (Wildman–Crippen MR) is 343 cm³/mol. The van der Waals surface area contributed by atoms with Crippen molar-refractivity contribution in [3.8, 4) is 73.9 Å². The molecule has 29 heteroatoms. The minimum atomic E-state index is -0.562. The monoisotopic (exact) mass is 1310 g/mol. The molecular weight excluding hydrogens is 1230 g/mol. The number of carbonyl (C=O) groups is 2. The number of hydrogen-bond acceptors (Lipinski definition) is 26. The molecule has 0 radical (unpaired) electrons. The van der Waals surface area contributed by atoms with Crippen LogP contribution in [0.1, 0.15) is 88.1 Å². The molecule has 0 aliphatic rings. The lowest BCUT2D eigenvalue weighted by Crippen LogP contribution is -2.19. The lowest BCUT2D eigenvalue weighted by atomic mass is 9.93. The van der Waals surface area contributed by atoms with Gasteiger partial charge in [0.25, 0.3) is 11.8 Å². The number of rotatable bonds is 28. The van der Waals surface area contributed by atoms with E-state index in [0.717, 1.165) is 33.4 Å². The molecule has 0 aliphatic carbocycles. The van der Waals surface area contributed by atoms with Gasteiger partial charge in [0.05, 0.1) is 56.7 Å². The molecule has 10 aromatic rings. The zero-order valence-corrected chi connectivity index (χ0v) is 54.1. The largest absolute Gasteiger partial charge is 0.474 e. The van der Waals surface area contributed by atoms with Gasteiger partial charge in [-0.2, -0.15) is 14.6 Å². The van der Waals surface area contributed by atoms with E-state index in [1.165, 1.54) is 32.5 Å². The van der Waals surface area contributed by atoms with Gasteiger partial charge >= 0.3 is 11.9 Å². The summed E-state index contributed by atoms with van der Waals surface area (Å²) in [5.41, 5.74) is 19.8. The third kappa shape index (κ3) is 18.4. The van der Waals surface area contributed by atoms with E-state index in [1.54, 1.807) is 55.7 Å². The van der Waals surface area contributed by atoms with E-state index in [9.17, 15) is 14.0 Å². The summed E-state index contributed by atoms with van der Waals surface area (Å²) in [5, 5.41) is 42.0. The van der Waals surface area contributed by atoms with Gasteiger partial charge in [0.15, 0.2) is 36.7 Å². The number of carbonyl (C=O) groups excluding carboxylic acids is 2. The van der Waals surface area contributed by atoms with E-state index in [1.807, 2.05) is 125 Å². The van der Waals surface area contributed by atoms with Gasteiger partial charge in [-0.3, -0.25) is 19.0 Å². The van der Waals surface area contributed by atoms with Crippen LogP contribution in [0, 0.1) is 17.8 Å². The Hall–Kier alpha value is -10.9. The number of aromatic nitrogens is 12. The molecule has 500 valence electrons. The van der Waals surface area contributed by atoms with Crippen molar-refractivity contribution in [3.05, 3.63) is 163 Å². The highest BCUT2D eigenvalue weighted by Gasteiger charge is 2.31. The summed E-state index contributed by atoms with van der Waals surface area (Å²) in [6.07, 6.45) is 10.4. The van der Waals surface area contributed by atoms with Crippen LogP contribution in [-0.4, -0.2) is 146 Å². The number of aliphatic hydroxyl groups is 1. The fourth-order valence-electron chi connectivity index (χ4n) is 9.53. The highest BCUT2D eigenvalue weighted by molar-refractivity contribution is 5.80. The molecule has 0 saturated heterocycles. The number of nitrogens with two attached hydrogens (primary N) is 2. The maximum atomic E-state index is 13.1. The fraction of sp³-hybridized carbons (Fsp3) is 0.333. The Morgan fingerprint density at radius 3 is 1.38 bits per heavy atom. The van der Waals surface area contributed by atoms with E-state index in [4.69, 9.17) is 68.3 Å². The van der Waals surface area contributed by atoms with Gasteiger partial charge in [-0.1, -0.05) is 58.0 Å². The molecule has 0 fully saturated rings. The SMILES string of the molecule is COC(=O)C(c1cc(OCCO)no1)C(C)C.COCOc1ccccc1-c1cc(-c2cnn(C(C)c3ccc(F)nc3)c2)c(N)nn1.COCOc1ccccc1-c1cc(-c2cnn(C(C)c3ccc(OCCOc4cc(C(C(=O)OC)C(C)C)on4)nc3)c2)c(N)nn1. The van der Waals surface area contributed by atoms with Gasteiger partial charge < -0.3 is 68.3 Å². The summed E-state index contributed by atoms with van der Waals surface area (Å²) in [6, 6.07) is 28.3. The van der Waals surface area contributed by atoms with Crippen LogP contribution in [0.3, 0.4) is 0 Å². The van der Waals surface area contributed by atoms with Crippen LogP contribution in [-0.2, 0) is 28.5 Å². The molecule has 0 amide bonds. The first-order chi connectivity index (χ1) is 45.9. The molecule has 2 aromatic carbocycles. The molecule has 5 N–H and O–H groups in total. The molecule has 8 aromatic heterocycles. The van der Waals surface area contributed by atoms with Crippen molar-refractivity contribution in [2.75, 3.05) is 79.9 Å². The number of methoxy groups -OCH3 is 4. The Kier molecular flexibility index (Phi) is 25.1. The zero-order chi connectivity index (χ0) is 68.0. The predicted octanol–water partition coefficient (Wildman–Crippen LogP) is 9.61. The second-order valence-corrected chi connectivity index (χ2v) is 21.7. The number of nitrogen functional groups attached to an aromatic ring is 2. The topological polar surface area (TPSA) is 355 Å². The van der Waals surface area contributed by atoms with Gasteiger partial charge in [0.2, 0.25) is 11.8 Å². The second-order valence-electron chi connectivity index (χ2n) is 21.7. The summed E-state index contributed by atoms with van der Waals surface area (Å²) in [7, 11) is 5.80. The highest BCUT2D eigenvalue weighted by atomic mass is 19.1. The summed E-state index contributed by atoms with van der Waals surface area (Å²) in [6.45, 7) is 12.2. The van der Waals surface area contributed by atoms with Crippen LogP contribution in [0.5, 0.6) is 29.1 Å². The molecular formula is C66H75FN14O14. The number of anilines is 2.